The minimum Gasteiger partial charge on any atom is -0.308 e. The Bertz CT molecular complexity index is 583. The SMILES string of the molecule is CCOP(=O)(OCC)[C@H]1C[C@H](c2ccc([N+](=O)[O-])cc2)ON1C. The van der Waals surface area contributed by atoms with Crippen LogP contribution >= 0.6 is 7.60 Å². The van der Waals surface area contributed by atoms with Gasteiger partial charge in [0, 0.05) is 25.6 Å². The molecule has 1 saturated heterocycles. The van der Waals surface area contributed by atoms with Gasteiger partial charge in [-0.15, -0.1) is 0 Å². The third-order valence-electron chi connectivity index (χ3n) is 3.60. The molecule has 2 atom stereocenters. The molecule has 1 aromatic rings. The quantitative estimate of drug-likeness (QED) is 0.425. The normalized spacial score (nSPS) is 22.4. The predicted octanol–water partition coefficient (Wildman–Crippen LogP) is 3.50. The van der Waals surface area contributed by atoms with Crippen molar-refractivity contribution < 1.29 is 23.4 Å². The van der Waals surface area contributed by atoms with Crippen molar-refractivity contribution >= 4 is 13.3 Å². The fourth-order valence-corrected chi connectivity index (χ4v) is 4.60. The Kier molecular flexibility index (Phi) is 5.89. The zero-order chi connectivity index (χ0) is 17.0. The molecule has 1 fully saturated rings. The summed E-state index contributed by atoms with van der Waals surface area (Å²) in [6.45, 7) is 4.08. The van der Waals surface area contributed by atoms with Gasteiger partial charge in [0.05, 0.1) is 18.1 Å². The number of hydrogen-bond acceptors (Lipinski definition) is 7. The van der Waals surface area contributed by atoms with Crippen LogP contribution in [0.2, 0.25) is 0 Å². The highest BCUT2D eigenvalue weighted by Crippen LogP contribution is 2.59. The Labute approximate surface area is 135 Å². The van der Waals surface area contributed by atoms with Gasteiger partial charge in [-0.3, -0.25) is 19.5 Å². The summed E-state index contributed by atoms with van der Waals surface area (Å²) < 4.78 is 23.7. The first-order valence-corrected chi connectivity index (χ1v) is 9.05. The highest BCUT2D eigenvalue weighted by Gasteiger charge is 2.46. The molecule has 0 radical (unpaired) electrons. The van der Waals surface area contributed by atoms with Crippen molar-refractivity contribution in [1.82, 2.24) is 5.06 Å². The van der Waals surface area contributed by atoms with E-state index in [1.54, 1.807) is 33.0 Å². The summed E-state index contributed by atoms with van der Waals surface area (Å²) in [6, 6.07) is 6.14. The zero-order valence-electron chi connectivity index (χ0n) is 13.4. The lowest BCUT2D eigenvalue weighted by atomic mass is 10.1. The molecule has 23 heavy (non-hydrogen) atoms. The van der Waals surface area contributed by atoms with Gasteiger partial charge >= 0.3 is 7.60 Å². The van der Waals surface area contributed by atoms with Crippen molar-refractivity contribution in [2.24, 2.45) is 0 Å². The molecule has 1 aliphatic heterocycles. The van der Waals surface area contributed by atoms with Crippen LogP contribution in [0.1, 0.15) is 31.9 Å². The molecule has 0 bridgehead atoms. The molecule has 1 aliphatic rings. The molecule has 8 nitrogen and oxygen atoms in total. The summed E-state index contributed by atoms with van der Waals surface area (Å²) in [6.07, 6.45) is 0.0750. The molecule has 0 amide bonds. The minimum absolute atomic E-state index is 0.0194. The second-order valence-corrected chi connectivity index (χ2v) is 7.27. The molecular formula is C14H21N2O6P. The summed E-state index contributed by atoms with van der Waals surface area (Å²) in [7, 11) is -1.63. The molecule has 0 unspecified atom stereocenters. The lowest BCUT2D eigenvalue weighted by Gasteiger charge is -2.25. The summed E-state index contributed by atoms with van der Waals surface area (Å²) >= 11 is 0. The first-order valence-electron chi connectivity index (χ1n) is 7.44. The maximum Gasteiger partial charge on any atom is 0.350 e. The largest absolute Gasteiger partial charge is 0.350 e. The number of benzene rings is 1. The van der Waals surface area contributed by atoms with E-state index in [9.17, 15) is 14.7 Å². The van der Waals surface area contributed by atoms with Crippen LogP contribution in [-0.4, -0.2) is 36.0 Å². The Hall–Kier alpha value is -1.31. The Morgan fingerprint density at radius 3 is 2.35 bits per heavy atom. The first kappa shape index (κ1) is 18.0. The van der Waals surface area contributed by atoms with Crippen LogP contribution in [0.15, 0.2) is 24.3 Å². The molecule has 2 rings (SSSR count). The van der Waals surface area contributed by atoms with E-state index >= 15 is 0 Å². The Morgan fingerprint density at radius 2 is 1.87 bits per heavy atom. The van der Waals surface area contributed by atoms with E-state index < -0.39 is 18.3 Å². The van der Waals surface area contributed by atoms with Crippen molar-refractivity contribution in [3.63, 3.8) is 0 Å². The minimum atomic E-state index is -3.31. The average molecular weight is 344 g/mol. The zero-order valence-corrected chi connectivity index (χ0v) is 14.3. The predicted molar refractivity (Wildman–Crippen MR) is 83.9 cm³/mol. The van der Waals surface area contributed by atoms with Crippen molar-refractivity contribution in [3.8, 4) is 0 Å². The number of nitro benzene ring substituents is 1. The van der Waals surface area contributed by atoms with Crippen molar-refractivity contribution in [2.75, 3.05) is 20.3 Å². The van der Waals surface area contributed by atoms with Gasteiger partial charge < -0.3 is 9.05 Å². The number of rotatable bonds is 7. The third kappa shape index (κ3) is 3.97. The molecular weight excluding hydrogens is 323 g/mol. The number of hydroxylamine groups is 2. The van der Waals surface area contributed by atoms with E-state index in [1.165, 1.54) is 17.2 Å². The van der Waals surface area contributed by atoms with Crippen LogP contribution in [0.5, 0.6) is 0 Å². The van der Waals surface area contributed by atoms with Crippen molar-refractivity contribution in [3.05, 3.63) is 39.9 Å². The van der Waals surface area contributed by atoms with E-state index in [1.807, 2.05) is 0 Å². The molecule has 1 aromatic carbocycles. The fourth-order valence-electron chi connectivity index (χ4n) is 2.56. The van der Waals surface area contributed by atoms with Gasteiger partial charge in [-0.1, -0.05) is 0 Å². The molecule has 0 aliphatic carbocycles. The lowest BCUT2D eigenvalue weighted by molar-refractivity contribution is -0.384. The highest BCUT2D eigenvalue weighted by molar-refractivity contribution is 7.54. The summed E-state index contributed by atoms with van der Waals surface area (Å²) in [5.74, 6) is -0.511. The molecule has 1 heterocycles. The van der Waals surface area contributed by atoms with E-state index in [-0.39, 0.29) is 25.0 Å². The maximum atomic E-state index is 12.9. The van der Waals surface area contributed by atoms with E-state index in [0.29, 0.717) is 6.42 Å². The first-order chi connectivity index (χ1) is 10.9. The number of hydrogen-bond donors (Lipinski definition) is 0. The summed E-state index contributed by atoms with van der Waals surface area (Å²) in [5, 5.41) is 12.2. The van der Waals surface area contributed by atoms with E-state index in [0.717, 1.165) is 5.56 Å². The van der Waals surface area contributed by atoms with Gasteiger partial charge in [-0.05, 0) is 31.5 Å². The summed E-state index contributed by atoms with van der Waals surface area (Å²) in [5.41, 5.74) is 0.801. The maximum absolute atomic E-state index is 12.9. The topological polar surface area (TPSA) is 91.1 Å². The number of non-ortho nitro benzene ring substituents is 1. The molecule has 0 aromatic heterocycles. The Morgan fingerprint density at radius 1 is 1.30 bits per heavy atom. The van der Waals surface area contributed by atoms with Crippen LogP contribution < -0.4 is 0 Å². The van der Waals surface area contributed by atoms with Crippen molar-refractivity contribution in [2.45, 2.75) is 32.2 Å². The monoisotopic (exact) mass is 344 g/mol. The molecule has 0 spiro atoms. The van der Waals surface area contributed by atoms with Gasteiger partial charge in [0.2, 0.25) is 0 Å². The van der Waals surface area contributed by atoms with Gasteiger partial charge in [0.25, 0.3) is 5.69 Å². The number of nitro groups is 1. The molecule has 128 valence electrons. The second-order valence-electron chi connectivity index (χ2n) is 5.08. The third-order valence-corrected chi connectivity index (χ3v) is 6.10. The van der Waals surface area contributed by atoms with Crippen LogP contribution in [0, 0.1) is 10.1 Å². The lowest BCUT2D eigenvalue weighted by Crippen LogP contribution is -2.25. The smallest absolute Gasteiger partial charge is 0.308 e. The van der Waals surface area contributed by atoms with Crippen LogP contribution in [0.4, 0.5) is 5.69 Å². The average Bonchev–Trinajstić information content (AvgIpc) is 2.90. The molecule has 0 N–H and O–H groups in total. The van der Waals surface area contributed by atoms with Gasteiger partial charge in [0.15, 0.2) is 0 Å². The number of nitrogens with zero attached hydrogens (tertiary/aromatic N) is 2. The standard InChI is InChI=1S/C14H21N2O6P/c1-4-20-23(19,21-5-2)14-10-13(22-15(14)3)11-6-8-12(9-7-11)16(17)18/h6-9,13-14H,4-5,10H2,1-3H3/t13-,14+/m1/s1. The Balaban J connectivity index is 2.16. The highest BCUT2D eigenvalue weighted by atomic mass is 31.2. The van der Waals surface area contributed by atoms with Gasteiger partial charge in [0.1, 0.15) is 11.9 Å². The fraction of sp³-hybridized carbons (Fsp3) is 0.571. The van der Waals surface area contributed by atoms with Crippen LogP contribution in [-0.2, 0) is 18.5 Å². The van der Waals surface area contributed by atoms with Crippen LogP contribution in [0.3, 0.4) is 0 Å². The molecule has 0 saturated carbocycles. The van der Waals surface area contributed by atoms with Gasteiger partial charge in [-0.2, -0.15) is 5.06 Å². The van der Waals surface area contributed by atoms with Gasteiger partial charge in [-0.25, -0.2) is 0 Å². The van der Waals surface area contributed by atoms with Crippen LogP contribution in [0.25, 0.3) is 0 Å². The summed E-state index contributed by atoms with van der Waals surface area (Å²) in [4.78, 5) is 16.0. The molecule has 9 heteroatoms. The van der Waals surface area contributed by atoms with Crippen molar-refractivity contribution in [1.29, 1.82) is 0 Å². The second kappa shape index (κ2) is 7.51. The van der Waals surface area contributed by atoms with E-state index in [2.05, 4.69) is 0 Å². The van der Waals surface area contributed by atoms with E-state index in [4.69, 9.17) is 13.9 Å².